The summed E-state index contributed by atoms with van der Waals surface area (Å²) in [6.45, 7) is 4.17. The normalized spacial score (nSPS) is 13.7. The summed E-state index contributed by atoms with van der Waals surface area (Å²) >= 11 is 0. The number of allylic oxidation sites excluding steroid dienone is 2. The first kappa shape index (κ1) is 46.1. The molecule has 280 valence electrons. The van der Waals surface area contributed by atoms with E-state index in [0.717, 1.165) is 38.5 Å². The van der Waals surface area contributed by atoms with Gasteiger partial charge in [0.15, 0.2) is 0 Å². The van der Waals surface area contributed by atoms with Crippen LogP contribution in [-0.4, -0.2) is 46.1 Å². The fraction of sp³-hybridized carbons (Fsp3) is 0.929. The lowest BCUT2D eigenvalue weighted by Gasteiger charge is -2.26. The average Bonchev–Trinajstić information content (AvgIpc) is 3.07. The molecule has 5 nitrogen and oxygen atoms in total. The number of unbranched alkanes of at least 4 members (excludes halogenated alkanes) is 28. The highest BCUT2D eigenvalue weighted by atomic mass is 16.3. The molecule has 0 aromatic heterocycles. The Labute approximate surface area is 293 Å². The van der Waals surface area contributed by atoms with Crippen molar-refractivity contribution in [3.8, 4) is 0 Å². The van der Waals surface area contributed by atoms with Crippen molar-refractivity contribution < 1.29 is 20.1 Å². The van der Waals surface area contributed by atoms with E-state index in [9.17, 15) is 20.1 Å². The summed E-state index contributed by atoms with van der Waals surface area (Å²) in [7, 11) is 0. The van der Waals surface area contributed by atoms with Crippen LogP contribution in [0.5, 0.6) is 0 Å². The molecule has 3 unspecified atom stereocenters. The SMILES string of the molecule is CCCCCCCCCCCCCCCC/C=C/CCCC(O)C(O)C(CO)NC(=O)CCCCCCCCCCCCCCCC. The molecule has 0 bridgehead atoms. The van der Waals surface area contributed by atoms with E-state index in [0.29, 0.717) is 12.8 Å². The van der Waals surface area contributed by atoms with Crippen molar-refractivity contribution in [2.24, 2.45) is 0 Å². The summed E-state index contributed by atoms with van der Waals surface area (Å²) in [5.74, 6) is -0.152. The Morgan fingerprint density at radius 1 is 0.511 bits per heavy atom. The smallest absolute Gasteiger partial charge is 0.220 e. The van der Waals surface area contributed by atoms with Gasteiger partial charge < -0.3 is 20.6 Å². The van der Waals surface area contributed by atoms with Gasteiger partial charge in [0.2, 0.25) is 5.91 Å². The highest BCUT2D eigenvalue weighted by molar-refractivity contribution is 5.76. The molecule has 0 radical (unpaired) electrons. The maximum absolute atomic E-state index is 12.4. The van der Waals surface area contributed by atoms with Crippen LogP contribution >= 0.6 is 0 Å². The molecule has 0 aliphatic rings. The van der Waals surface area contributed by atoms with E-state index in [1.165, 1.54) is 161 Å². The number of hydrogen-bond acceptors (Lipinski definition) is 4. The number of nitrogens with one attached hydrogen (secondary N) is 1. The van der Waals surface area contributed by atoms with Gasteiger partial charge in [0.05, 0.1) is 18.8 Å². The van der Waals surface area contributed by atoms with Gasteiger partial charge in [-0.25, -0.2) is 0 Å². The Morgan fingerprint density at radius 2 is 0.851 bits per heavy atom. The summed E-state index contributed by atoms with van der Waals surface area (Å²) in [6, 6.07) is -0.819. The molecule has 0 rings (SSSR count). The maximum atomic E-state index is 12.4. The lowest BCUT2D eigenvalue weighted by molar-refractivity contribution is -0.124. The van der Waals surface area contributed by atoms with Crippen molar-refractivity contribution in [1.82, 2.24) is 5.32 Å². The van der Waals surface area contributed by atoms with Gasteiger partial charge in [-0.1, -0.05) is 193 Å². The number of carbonyl (C=O) groups excluding carboxylic acids is 1. The van der Waals surface area contributed by atoms with Gasteiger partial charge in [0.1, 0.15) is 6.10 Å². The summed E-state index contributed by atoms with van der Waals surface area (Å²) < 4.78 is 0. The van der Waals surface area contributed by atoms with Crippen LogP contribution in [0, 0.1) is 0 Å². The van der Waals surface area contributed by atoms with Crippen LogP contribution in [0.25, 0.3) is 0 Å². The van der Waals surface area contributed by atoms with Crippen LogP contribution in [0.2, 0.25) is 0 Å². The first-order chi connectivity index (χ1) is 23.1. The second-order valence-corrected chi connectivity index (χ2v) is 14.5. The lowest BCUT2D eigenvalue weighted by Crippen LogP contribution is -2.50. The Bertz CT molecular complexity index is 655. The number of amides is 1. The third kappa shape index (κ3) is 33.4. The minimum absolute atomic E-state index is 0.152. The number of carbonyl (C=O) groups is 1. The topological polar surface area (TPSA) is 89.8 Å². The van der Waals surface area contributed by atoms with E-state index < -0.39 is 18.2 Å². The highest BCUT2D eigenvalue weighted by Gasteiger charge is 2.26. The van der Waals surface area contributed by atoms with Crippen molar-refractivity contribution in [1.29, 1.82) is 0 Å². The molecule has 0 aliphatic carbocycles. The molecule has 1 amide bonds. The Morgan fingerprint density at radius 3 is 1.23 bits per heavy atom. The van der Waals surface area contributed by atoms with Gasteiger partial charge in [0.25, 0.3) is 0 Å². The van der Waals surface area contributed by atoms with Gasteiger partial charge >= 0.3 is 0 Å². The molecule has 0 saturated carbocycles. The van der Waals surface area contributed by atoms with Crippen LogP contribution in [0.15, 0.2) is 12.2 Å². The van der Waals surface area contributed by atoms with E-state index in [1.54, 1.807) is 0 Å². The molecule has 4 N–H and O–H groups in total. The predicted molar refractivity (Wildman–Crippen MR) is 204 cm³/mol. The van der Waals surface area contributed by atoms with Crippen LogP contribution in [-0.2, 0) is 4.79 Å². The zero-order valence-corrected chi connectivity index (χ0v) is 31.7. The highest BCUT2D eigenvalue weighted by Crippen LogP contribution is 2.16. The molecule has 5 heteroatoms. The fourth-order valence-corrected chi connectivity index (χ4v) is 6.57. The molecule has 0 saturated heterocycles. The van der Waals surface area contributed by atoms with Crippen LogP contribution < -0.4 is 5.32 Å². The zero-order chi connectivity index (χ0) is 34.5. The van der Waals surface area contributed by atoms with Crippen molar-refractivity contribution in [2.75, 3.05) is 6.61 Å². The first-order valence-corrected chi connectivity index (χ1v) is 21.0. The fourth-order valence-electron chi connectivity index (χ4n) is 6.57. The van der Waals surface area contributed by atoms with Crippen molar-refractivity contribution in [3.05, 3.63) is 12.2 Å². The molecule has 0 aromatic carbocycles. The van der Waals surface area contributed by atoms with Gasteiger partial charge in [0, 0.05) is 6.42 Å². The van der Waals surface area contributed by atoms with E-state index in [4.69, 9.17) is 0 Å². The quantitative estimate of drug-likeness (QED) is 0.0390. The molecule has 0 aromatic rings. The van der Waals surface area contributed by atoms with Gasteiger partial charge in [-0.15, -0.1) is 0 Å². The third-order valence-corrected chi connectivity index (χ3v) is 9.87. The van der Waals surface area contributed by atoms with Gasteiger partial charge in [-0.05, 0) is 38.5 Å². The Kier molecular flexibility index (Phi) is 37.2. The Balaban J connectivity index is 3.66. The number of rotatable bonds is 38. The number of hydrogen-bond donors (Lipinski definition) is 4. The summed E-state index contributed by atoms with van der Waals surface area (Å²) in [4.78, 5) is 12.4. The molecule has 0 fully saturated rings. The maximum Gasteiger partial charge on any atom is 0.220 e. The minimum atomic E-state index is -1.15. The standard InChI is InChI=1S/C42H83NO4/c1-3-5-7-9-11-13-15-17-19-20-21-22-23-24-26-28-30-32-34-36-40(45)42(47)39(38-44)43-41(46)37-35-33-31-29-27-25-18-16-14-12-10-8-6-4-2/h28,30,39-40,42,44-45,47H,3-27,29,31-38H2,1-2H3,(H,43,46)/b30-28+. The Hall–Kier alpha value is -0.910. The molecule has 0 aliphatic heterocycles. The minimum Gasteiger partial charge on any atom is -0.394 e. The van der Waals surface area contributed by atoms with Gasteiger partial charge in [-0.3, -0.25) is 4.79 Å². The van der Waals surface area contributed by atoms with Crippen LogP contribution in [0.1, 0.15) is 226 Å². The second-order valence-electron chi connectivity index (χ2n) is 14.5. The largest absolute Gasteiger partial charge is 0.394 e. The van der Waals surface area contributed by atoms with E-state index >= 15 is 0 Å². The predicted octanol–water partition coefficient (Wildman–Crippen LogP) is 11.7. The van der Waals surface area contributed by atoms with Crippen molar-refractivity contribution >= 4 is 5.91 Å². The van der Waals surface area contributed by atoms with E-state index in [1.807, 2.05) is 0 Å². The third-order valence-electron chi connectivity index (χ3n) is 9.87. The molecule has 47 heavy (non-hydrogen) atoms. The van der Waals surface area contributed by atoms with Gasteiger partial charge in [-0.2, -0.15) is 0 Å². The summed E-state index contributed by atoms with van der Waals surface area (Å²) in [5.41, 5.74) is 0. The monoisotopic (exact) mass is 666 g/mol. The number of aliphatic hydroxyl groups is 3. The van der Waals surface area contributed by atoms with E-state index in [2.05, 4.69) is 31.3 Å². The molecule has 0 heterocycles. The van der Waals surface area contributed by atoms with Crippen molar-refractivity contribution in [3.63, 3.8) is 0 Å². The van der Waals surface area contributed by atoms with E-state index in [-0.39, 0.29) is 12.5 Å². The number of aliphatic hydroxyl groups excluding tert-OH is 3. The van der Waals surface area contributed by atoms with Crippen LogP contribution in [0.4, 0.5) is 0 Å². The van der Waals surface area contributed by atoms with Crippen molar-refractivity contribution in [2.45, 2.75) is 244 Å². The summed E-state index contributed by atoms with van der Waals surface area (Å²) in [5, 5.41) is 33.4. The second kappa shape index (κ2) is 37.9. The molecular weight excluding hydrogens is 582 g/mol. The lowest BCUT2D eigenvalue weighted by atomic mass is 10.0. The molecule has 0 spiro atoms. The zero-order valence-electron chi connectivity index (χ0n) is 31.7. The summed E-state index contributed by atoms with van der Waals surface area (Å²) in [6.07, 6.45) is 43.1. The molecular formula is C42H83NO4. The molecule has 3 atom stereocenters. The average molecular weight is 666 g/mol. The van der Waals surface area contributed by atoms with Crippen LogP contribution in [0.3, 0.4) is 0 Å². The first-order valence-electron chi connectivity index (χ1n) is 21.0.